The Kier molecular flexibility index (Phi) is 10.7. The number of hydrogen-bond donors (Lipinski definition) is 4. The highest BCUT2D eigenvalue weighted by atomic mass is 32.2. The van der Waals surface area contributed by atoms with Crippen LogP contribution in [-0.2, 0) is 9.59 Å². The second-order valence-corrected chi connectivity index (χ2v) is 10.1. The van der Waals surface area contributed by atoms with Crippen molar-refractivity contribution in [2.75, 3.05) is 23.0 Å². The quantitative estimate of drug-likeness (QED) is 0.129. The zero-order chi connectivity index (χ0) is 30.6. The monoisotopic (exact) mass is 594 g/mol. The number of thioether (sulfide) groups is 1. The summed E-state index contributed by atoms with van der Waals surface area (Å²) < 4.78 is 5.70. The average Bonchev–Trinajstić information content (AvgIpc) is 3.01. The molecule has 0 saturated heterocycles. The molecule has 0 atom stereocenters. The van der Waals surface area contributed by atoms with Crippen molar-refractivity contribution in [1.29, 1.82) is 0 Å². The fourth-order valence-electron chi connectivity index (χ4n) is 3.99. The largest absolute Gasteiger partial charge is 0.493 e. The number of hydrogen-bond acceptors (Lipinski definition) is 6. The number of benzene rings is 4. The number of carbonyl (C=O) groups is 4. The first kappa shape index (κ1) is 30.6. The van der Waals surface area contributed by atoms with E-state index >= 15 is 0 Å². The molecule has 0 aliphatic carbocycles. The highest BCUT2D eigenvalue weighted by Gasteiger charge is 2.17. The van der Waals surface area contributed by atoms with Crippen molar-refractivity contribution in [3.63, 3.8) is 0 Å². The lowest BCUT2D eigenvalue weighted by Gasteiger charge is -2.13. The van der Waals surface area contributed by atoms with Crippen molar-refractivity contribution in [2.24, 2.45) is 5.73 Å². The Morgan fingerprint density at radius 2 is 1.56 bits per heavy atom. The van der Waals surface area contributed by atoms with Crippen molar-refractivity contribution in [1.82, 2.24) is 5.32 Å². The lowest BCUT2D eigenvalue weighted by atomic mass is 10.1. The molecule has 4 aromatic rings. The molecule has 0 saturated carbocycles. The van der Waals surface area contributed by atoms with Gasteiger partial charge in [-0.1, -0.05) is 54.6 Å². The molecule has 0 radical (unpaired) electrons. The van der Waals surface area contributed by atoms with Gasteiger partial charge in [0.25, 0.3) is 17.7 Å². The summed E-state index contributed by atoms with van der Waals surface area (Å²) in [5.74, 6) is -1.32. The Morgan fingerprint density at radius 1 is 0.837 bits per heavy atom. The van der Waals surface area contributed by atoms with Crippen LogP contribution in [0.1, 0.15) is 33.2 Å². The number of para-hydroxylation sites is 2. The van der Waals surface area contributed by atoms with Gasteiger partial charge in [0.05, 0.1) is 23.6 Å². The Labute approximate surface area is 253 Å². The molecule has 5 N–H and O–H groups in total. The lowest BCUT2D eigenvalue weighted by molar-refractivity contribution is -0.114. The van der Waals surface area contributed by atoms with E-state index in [-0.39, 0.29) is 22.9 Å². The first-order valence-electron chi connectivity index (χ1n) is 13.4. The summed E-state index contributed by atoms with van der Waals surface area (Å²) in [5, 5.41) is 8.26. The maximum absolute atomic E-state index is 13.5. The molecule has 0 aliphatic heterocycles. The van der Waals surface area contributed by atoms with Crippen LogP contribution in [0.4, 0.5) is 11.4 Å². The van der Waals surface area contributed by atoms with Gasteiger partial charge in [0.15, 0.2) is 0 Å². The third-order valence-electron chi connectivity index (χ3n) is 5.98. The molecule has 43 heavy (non-hydrogen) atoms. The zero-order valence-electron chi connectivity index (χ0n) is 23.3. The summed E-state index contributed by atoms with van der Waals surface area (Å²) in [6.45, 7) is 2.29. The van der Waals surface area contributed by atoms with Crippen LogP contribution in [0.15, 0.2) is 114 Å². The predicted octanol–water partition coefficient (Wildman–Crippen LogP) is 5.32. The zero-order valence-corrected chi connectivity index (χ0v) is 24.1. The van der Waals surface area contributed by atoms with Crippen LogP contribution in [-0.4, -0.2) is 36.0 Å². The summed E-state index contributed by atoms with van der Waals surface area (Å²) in [5.41, 5.74) is 7.45. The molecule has 10 heteroatoms. The number of anilines is 2. The van der Waals surface area contributed by atoms with E-state index in [1.54, 1.807) is 91.0 Å². The number of nitrogens with two attached hydrogens (primary N) is 1. The molecule has 0 aliphatic rings. The molecular weight excluding hydrogens is 564 g/mol. The maximum atomic E-state index is 13.5. The van der Waals surface area contributed by atoms with E-state index in [9.17, 15) is 19.2 Å². The van der Waals surface area contributed by atoms with E-state index in [2.05, 4.69) is 16.0 Å². The molecule has 4 rings (SSSR count). The van der Waals surface area contributed by atoms with Crippen molar-refractivity contribution in [3.05, 3.63) is 126 Å². The van der Waals surface area contributed by atoms with Crippen LogP contribution in [0.5, 0.6) is 5.75 Å². The topological polar surface area (TPSA) is 140 Å². The van der Waals surface area contributed by atoms with Gasteiger partial charge in [-0.2, -0.15) is 0 Å². The van der Waals surface area contributed by atoms with E-state index in [1.807, 2.05) is 19.1 Å². The Bertz CT molecular complexity index is 1660. The van der Waals surface area contributed by atoms with Crippen molar-refractivity contribution < 1.29 is 23.9 Å². The molecule has 218 valence electrons. The van der Waals surface area contributed by atoms with Crippen molar-refractivity contribution >= 4 is 52.8 Å². The van der Waals surface area contributed by atoms with Gasteiger partial charge in [0.1, 0.15) is 11.4 Å². The number of ether oxygens (including phenoxy) is 1. The standard InChI is InChI=1S/C33H30N4O5S/c1-2-42-29-18-9-6-13-23(29)19-28(37-32(40)22-11-4-3-5-12-22)33(41)35-24-14-10-15-25(20-24)43-21-30(38)36-27-17-8-7-16-26(27)31(34)39/h3-20H,2,21H2,1H3,(H2,34,39)(H,35,41)(H,36,38)(H,37,40)/b28-19+. The molecular formula is C33H30N4O5S. The first-order chi connectivity index (χ1) is 20.8. The molecule has 0 spiro atoms. The molecule has 0 heterocycles. The van der Waals surface area contributed by atoms with Crippen LogP contribution < -0.4 is 26.4 Å². The Morgan fingerprint density at radius 3 is 2.33 bits per heavy atom. The van der Waals surface area contributed by atoms with Crippen molar-refractivity contribution in [2.45, 2.75) is 11.8 Å². The van der Waals surface area contributed by atoms with E-state index in [1.165, 1.54) is 17.8 Å². The Hall–Kier alpha value is -5.35. The average molecular weight is 595 g/mol. The molecule has 4 aromatic carbocycles. The SMILES string of the molecule is CCOc1ccccc1/C=C(/NC(=O)c1ccccc1)C(=O)Nc1cccc(SCC(=O)Nc2ccccc2C(N)=O)c1. The highest BCUT2D eigenvalue weighted by Crippen LogP contribution is 2.24. The van der Waals surface area contributed by atoms with E-state index in [0.29, 0.717) is 34.9 Å². The van der Waals surface area contributed by atoms with Gasteiger partial charge in [-0.15, -0.1) is 11.8 Å². The highest BCUT2D eigenvalue weighted by molar-refractivity contribution is 8.00. The number of nitrogens with one attached hydrogen (secondary N) is 3. The van der Waals surface area contributed by atoms with Gasteiger partial charge in [-0.25, -0.2) is 0 Å². The van der Waals surface area contributed by atoms with Gasteiger partial charge >= 0.3 is 0 Å². The predicted molar refractivity (Wildman–Crippen MR) is 169 cm³/mol. The molecule has 0 aromatic heterocycles. The number of amides is 4. The summed E-state index contributed by atoms with van der Waals surface area (Å²) in [7, 11) is 0. The minimum Gasteiger partial charge on any atom is -0.493 e. The number of rotatable bonds is 12. The van der Waals surface area contributed by atoms with Crippen LogP contribution in [0.25, 0.3) is 6.08 Å². The molecule has 0 unspecified atom stereocenters. The summed E-state index contributed by atoms with van der Waals surface area (Å²) >= 11 is 1.25. The van der Waals surface area contributed by atoms with Crippen LogP contribution in [0.3, 0.4) is 0 Å². The maximum Gasteiger partial charge on any atom is 0.272 e. The number of primary amides is 1. The third-order valence-corrected chi connectivity index (χ3v) is 6.97. The van der Waals surface area contributed by atoms with Gasteiger partial charge < -0.3 is 26.4 Å². The fourth-order valence-corrected chi connectivity index (χ4v) is 4.74. The van der Waals surface area contributed by atoms with E-state index < -0.39 is 17.7 Å². The van der Waals surface area contributed by atoms with E-state index in [0.717, 1.165) is 4.90 Å². The van der Waals surface area contributed by atoms with Gasteiger partial charge in [-0.3, -0.25) is 19.2 Å². The van der Waals surface area contributed by atoms with Crippen molar-refractivity contribution in [3.8, 4) is 5.75 Å². The normalized spacial score (nSPS) is 10.9. The molecule has 0 fully saturated rings. The first-order valence-corrected chi connectivity index (χ1v) is 14.4. The van der Waals surface area contributed by atoms with Gasteiger partial charge in [-0.05, 0) is 61.5 Å². The van der Waals surface area contributed by atoms with Gasteiger partial charge in [0.2, 0.25) is 5.91 Å². The minimum atomic E-state index is -0.637. The summed E-state index contributed by atoms with van der Waals surface area (Å²) in [4.78, 5) is 51.4. The van der Waals surface area contributed by atoms with Crippen LogP contribution in [0.2, 0.25) is 0 Å². The molecule has 4 amide bonds. The van der Waals surface area contributed by atoms with E-state index in [4.69, 9.17) is 10.5 Å². The third kappa shape index (κ3) is 8.82. The second-order valence-electron chi connectivity index (χ2n) is 9.08. The summed E-state index contributed by atoms with van der Waals surface area (Å²) in [6, 6.07) is 29.3. The smallest absolute Gasteiger partial charge is 0.272 e. The van der Waals surface area contributed by atoms with Crippen LogP contribution in [0, 0.1) is 0 Å². The number of carbonyl (C=O) groups excluding carboxylic acids is 4. The lowest BCUT2D eigenvalue weighted by Crippen LogP contribution is -2.30. The van der Waals surface area contributed by atoms with Gasteiger partial charge in [0, 0.05) is 21.7 Å². The second kappa shape index (κ2) is 15.0. The molecule has 0 bridgehead atoms. The van der Waals surface area contributed by atoms with Crippen LogP contribution >= 0.6 is 11.8 Å². The fraction of sp³-hybridized carbons (Fsp3) is 0.0909. The Balaban J connectivity index is 1.49. The molecule has 9 nitrogen and oxygen atoms in total. The minimum absolute atomic E-state index is 0.0200. The summed E-state index contributed by atoms with van der Waals surface area (Å²) in [6.07, 6.45) is 1.56.